The van der Waals surface area contributed by atoms with Crippen LogP contribution in [0.25, 0.3) is 5.70 Å². The standard InChI is InChI=1S/C15H10N2O2/c18-10-16-14-9-5-4-8-13(14)15(17-11-19)12-6-2-1-3-7-12/h1-9,14H. The van der Waals surface area contributed by atoms with Crippen LogP contribution in [0.3, 0.4) is 0 Å². The number of nitrogens with zero attached hydrogens (tertiary/aromatic N) is 2. The molecule has 0 amide bonds. The first kappa shape index (κ1) is 12.7. The quantitative estimate of drug-likeness (QED) is 0.611. The lowest BCUT2D eigenvalue weighted by atomic mass is 9.97. The van der Waals surface area contributed by atoms with Crippen LogP contribution in [0.15, 0.2) is 70.2 Å². The third kappa shape index (κ3) is 2.90. The van der Waals surface area contributed by atoms with Gasteiger partial charge in [-0.3, -0.25) is 0 Å². The van der Waals surface area contributed by atoms with Gasteiger partial charge in [-0.1, -0.05) is 54.6 Å². The highest BCUT2D eigenvalue weighted by Gasteiger charge is 2.16. The van der Waals surface area contributed by atoms with Gasteiger partial charge in [0.15, 0.2) is 0 Å². The Balaban J connectivity index is 2.61. The minimum absolute atomic E-state index is 0.459. The summed E-state index contributed by atoms with van der Waals surface area (Å²) < 4.78 is 0. The van der Waals surface area contributed by atoms with E-state index in [9.17, 15) is 9.59 Å². The zero-order valence-corrected chi connectivity index (χ0v) is 9.98. The Kier molecular flexibility index (Phi) is 4.14. The number of carbonyl (C=O) groups excluding carboxylic acids is 2. The normalized spacial score (nSPS) is 19.3. The molecule has 0 bridgehead atoms. The second kappa shape index (κ2) is 6.22. The maximum atomic E-state index is 10.6. The third-order valence-corrected chi connectivity index (χ3v) is 2.67. The Morgan fingerprint density at radius 2 is 1.84 bits per heavy atom. The summed E-state index contributed by atoms with van der Waals surface area (Å²) in [5.74, 6) is 0. The molecule has 1 unspecified atom stereocenters. The van der Waals surface area contributed by atoms with E-state index >= 15 is 0 Å². The molecule has 1 aromatic carbocycles. The average Bonchev–Trinajstić information content (AvgIpc) is 2.47. The van der Waals surface area contributed by atoms with Gasteiger partial charge in [0, 0.05) is 11.1 Å². The van der Waals surface area contributed by atoms with Crippen molar-refractivity contribution in [2.75, 3.05) is 0 Å². The molecule has 0 saturated carbocycles. The molecule has 1 aliphatic rings. The monoisotopic (exact) mass is 250 g/mol. The van der Waals surface area contributed by atoms with Gasteiger partial charge in [-0.2, -0.15) is 9.98 Å². The molecular formula is C15H10N2O2. The van der Waals surface area contributed by atoms with Gasteiger partial charge in [0.25, 0.3) is 0 Å². The molecule has 19 heavy (non-hydrogen) atoms. The first-order valence-corrected chi connectivity index (χ1v) is 5.66. The molecule has 92 valence electrons. The molecule has 1 aromatic rings. The lowest BCUT2D eigenvalue weighted by Crippen LogP contribution is -2.07. The largest absolute Gasteiger partial charge is 0.240 e. The molecule has 0 N–H and O–H groups in total. The summed E-state index contributed by atoms with van der Waals surface area (Å²) in [6.07, 6.45) is 10.2. The number of aliphatic imine (C=N–C) groups is 2. The molecule has 0 saturated heterocycles. The molecule has 0 heterocycles. The van der Waals surface area contributed by atoms with Gasteiger partial charge in [-0.15, -0.1) is 0 Å². The minimum atomic E-state index is -0.477. The fourth-order valence-electron chi connectivity index (χ4n) is 1.86. The molecule has 1 aliphatic carbocycles. The molecule has 4 heteroatoms. The number of allylic oxidation sites excluding steroid dienone is 2. The Hall–Kier alpha value is -2.80. The average molecular weight is 250 g/mol. The lowest BCUT2D eigenvalue weighted by Gasteiger charge is -2.13. The van der Waals surface area contributed by atoms with E-state index in [1.165, 1.54) is 6.08 Å². The molecule has 0 spiro atoms. The van der Waals surface area contributed by atoms with Crippen molar-refractivity contribution in [3.05, 3.63) is 65.8 Å². The molecular weight excluding hydrogens is 240 g/mol. The molecule has 0 aliphatic heterocycles. The number of hydrogen-bond donors (Lipinski definition) is 0. The highest BCUT2D eigenvalue weighted by molar-refractivity contribution is 5.75. The fourth-order valence-corrected chi connectivity index (χ4v) is 1.86. The molecule has 0 radical (unpaired) electrons. The van der Waals surface area contributed by atoms with Gasteiger partial charge in [-0.05, 0) is 0 Å². The van der Waals surface area contributed by atoms with Crippen molar-refractivity contribution in [1.82, 2.24) is 0 Å². The first-order chi connectivity index (χ1) is 9.36. The van der Waals surface area contributed by atoms with Crippen LogP contribution in [0, 0.1) is 0 Å². The van der Waals surface area contributed by atoms with Crippen LogP contribution in [0.5, 0.6) is 0 Å². The number of benzene rings is 1. The van der Waals surface area contributed by atoms with E-state index in [2.05, 4.69) is 9.98 Å². The second-order valence-corrected chi connectivity index (χ2v) is 3.78. The van der Waals surface area contributed by atoms with Crippen LogP contribution in [0.4, 0.5) is 0 Å². The highest BCUT2D eigenvalue weighted by atomic mass is 16.1. The van der Waals surface area contributed by atoms with Gasteiger partial charge in [0.1, 0.15) is 6.04 Å². The zero-order chi connectivity index (χ0) is 13.5. The third-order valence-electron chi connectivity index (χ3n) is 2.67. The maximum absolute atomic E-state index is 10.6. The summed E-state index contributed by atoms with van der Waals surface area (Å²) in [5.41, 5.74) is 1.90. The van der Waals surface area contributed by atoms with E-state index in [0.29, 0.717) is 11.3 Å². The molecule has 0 fully saturated rings. The van der Waals surface area contributed by atoms with Crippen molar-refractivity contribution in [1.29, 1.82) is 0 Å². The van der Waals surface area contributed by atoms with Crippen molar-refractivity contribution < 1.29 is 9.59 Å². The lowest BCUT2D eigenvalue weighted by molar-refractivity contribution is 0.562. The molecule has 1 atom stereocenters. The summed E-state index contributed by atoms with van der Waals surface area (Å²) in [6.45, 7) is 0. The summed E-state index contributed by atoms with van der Waals surface area (Å²) in [5, 5.41) is 0. The topological polar surface area (TPSA) is 58.9 Å². The van der Waals surface area contributed by atoms with E-state index < -0.39 is 6.04 Å². The van der Waals surface area contributed by atoms with Crippen LogP contribution in [0.2, 0.25) is 0 Å². The molecule has 0 aromatic heterocycles. The molecule has 2 rings (SSSR count). The van der Waals surface area contributed by atoms with Gasteiger partial charge in [0.2, 0.25) is 12.2 Å². The Labute approximate surface area is 110 Å². The van der Waals surface area contributed by atoms with Crippen LogP contribution in [-0.4, -0.2) is 18.2 Å². The van der Waals surface area contributed by atoms with Crippen LogP contribution < -0.4 is 0 Å². The van der Waals surface area contributed by atoms with Gasteiger partial charge < -0.3 is 0 Å². The van der Waals surface area contributed by atoms with E-state index in [1.807, 2.05) is 30.3 Å². The Bertz CT molecular complexity index is 644. The van der Waals surface area contributed by atoms with Crippen LogP contribution in [-0.2, 0) is 9.59 Å². The van der Waals surface area contributed by atoms with E-state index in [-0.39, 0.29) is 0 Å². The minimum Gasteiger partial charge on any atom is -0.211 e. The number of hydrogen-bond acceptors (Lipinski definition) is 4. The molecule has 4 nitrogen and oxygen atoms in total. The summed E-state index contributed by atoms with van der Waals surface area (Å²) >= 11 is 0. The first-order valence-electron chi connectivity index (χ1n) is 5.66. The van der Waals surface area contributed by atoms with Crippen molar-refractivity contribution in [3.8, 4) is 0 Å². The summed E-state index contributed by atoms with van der Waals surface area (Å²) in [7, 11) is 0. The Morgan fingerprint density at radius 1 is 1.05 bits per heavy atom. The highest BCUT2D eigenvalue weighted by Crippen LogP contribution is 2.26. The van der Waals surface area contributed by atoms with Crippen molar-refractivity contribution in [2.24, 2.45) is 9.98 Å². The maximum Gasteiger partial charge on any atom is 0.240 e. The predicted molar refractivity (Wildman–Crippen MR) is 71.7 cm³/mol. The van der Waals surface area contributed by atoms with Crippen LogP contribution >= 0.6 is 0 Å². The summed E-state index contributed by atoms with van der Waals surface area (Å²) in [6, 6.07) is 8.74. The fraction of sp³-hybridized carbons (Fsp3) is 0.0667. The van der Waals surface area contributed by atoms with Gasteiger partial charge in [-0.25, -0.2) is 9.59 Å². The zero-order valence-electron chi connectivity index (χ0n) is 9.98. The van der Waals surface area contributed by atoms with Crippen LogP contribution in [0.1, 0.15) is 5.56 Å². The van der Waals surface area contributed by atoms with Crippen molar-refractivity contribution in [3.63, 3.8) is 0 Å². The predicted octanol–water partition coefficient (Wildman–Crippen LogP) is 2.56. The van der Waals surface area contributed by atoms with Gasteiger partial charge >= 0.3 is 0 Å². The second-order valence-electron chi connectivity index (χ2n) is 3.78. The number of rotatable bonds is 3. The van der Waals surface area contributed by atoms with E-state index in [4.69, 9.17) is 0 Å². The van der Waals surface area contributed by atoms with E-state index in [0.717, 1.165) is 5.56 Å². The van der Waals surface area contributed by atoms with Crippen molar-refractivity contribution in [2.45, 2.75) is 6.04 Å². The SMILES string of the molecule is O=C=NC(=C1C=CC=CC1N=C=O)c1ccccc1. The Morgan fingerprint density at radius 3 is 2.53 bits per heavy atom. The summed E-state index contributed by atoms with van der Waals surface area (Å²) in [4.78, 5) is 28.5. The number of isocyanates is 2. The smallest absolute Gasteiger partial charge is 0.211 e. The van der Waals surface area contributed by atoms with Gasteiger partial charge in [0.05, 0.1) is 5.70 Å². The van der Waals surface area contributed by atoms with E-state index in [1.54, 1.807) is 30.4 Å². The van der Waals surface area contributed by atoms with Crippen molar-refractivity contribution >= 4 is 17.9 Å².